The molecule has 90 valence electrons. The first-order valence-corrected chi connectivity index (χ1v) is 6.14. The van der Waals surface area contributed by atoms with Crippen LogP contribution in [0.2, 0.25) is 0 Å². The quantitative estimate of drug-likeness (QED) is 0.867. The molecule has 1 aromatic carbocycles. The highest BCUT2D eigenvalue weighted by Gasteiger charge is 2.16. The van der Waals surface area contributed by atoms with Gasteiger partial charge in [-0.3, -0.25) is 0 Å². The minimum absolute atomic E-state index is 0.114. The summed E-state index contributed by atoms with van der Waals surface area (Å²) in [5.74, 6) is 0.543. The van der Waals surface area contributed by atoms with E-state index in [1.54, 1.807) is 0 Å². The third kappa shape index (κ3) is 2.40. The van der Waals surface area contributed by atoms with Crippen molar-refractivity contribution in [3.63, 3.8) is 0 Å². The molecule has 0 aliphatic rings. The van der Waals surface area contributed by atoms with Crippen molar-refractivity contribution in [2.75, 3.05) is 30.8 Å². The van der Waals surface area contributed by atoms with Crippen LogP contribution in [0, 0.1) is 0 Å². The third-order valence-electron chi connectivity index (χ3n) is 2.55. The fraction of sp³-hybridized carbons (Fsp3) is 0.250. The molecule has 0 spiro atoms. The Morgan fingerprint density at radius 3 is 2.71 bits per heavy atom. The van der Waals surface area contributed by atoms with E-state index in [0.717, 1.165) is 16.1 Å². The molecular weight excluding hydrogens is 234 g/mol. The number of nitrogen functional groups attached to an aromatic ring is 1. The second-order valence-corrected chi connectivity index (χ2v) is 4.51. The molecule has 0 aliphatic carbocycles. The number of hydrogen-bond donors (Lipinski definition) is 2. The van der Waals surface area contributed by atoms with Crippen LogP contribution in [-0.4, -0.2) is 29.7 Å². The number of nitrogens with zero attached hydrogens (tertiary/aromatic N) is 2. The lowest BCUT2D eigenvalue weighted by Crippen LogP contribution is -2.20. The Morgan fingerprint density at radius 2 is 2.06 bits per heavy atom. The van der Waals surface area contributed by atoms with Crippen LogP contribution in [-0.2, 0) is 0 Å². The second-order valence-electron chi connectivity index (χ2n) is 3.76. The van der Waals surface area contributed by atoms with E-state index in [1.165, 1.54) is 11.5 Å². The SMILES string of the molecule is CN(CCO)c1snc(N)c1-c1ccccc1. The molecule has 5 heteroatoms. The van der Waals surface area contributed by atoms with Gasteiger partial charge in [0.15, 0.2) is 0 Å². The van der Waals surface area contributed by atoms with Crippen LogP contribution in [0.5, 0.6) is 0 Å². The van der Waals surface area contributed by atoms with Crippen LogP contribution in [0.3, 0.4) is 0 Å². The average molecular weight is 249 g/mol. The van der Waals surface area contributed by atoms with Crippen molar-refractivity contribution in [1.82, 2.24) is 4.37 Å². The van der Waals surface area contributed by atoms with Crippen LogP contribution in [0.15, 0.2) is 30.3 Å². The van der Waals surface area contributed by atoms with E-state index >= 15 is 0 Å². The molecule has 2 rings (SSSR count). The Balaban J connectivity index is 2.43. The van der Waals surface area contributed by atoms with Crippen molar-refractivity contribution in [1.29, 1.82) is 0 Å². The van der Waals surface area contributed by atoms with E-state index < -0.39 is 0 Å². The number of anilines is 2. The Bertz CT molecular complexity index is 484. The van der Waals surface area contributed by atoms with E-state index in [4.69, 9.17) is 10.8 Å². The molecule has 0 unspecified atom stereocenters. The maximum absolute atomic E-state index is 8.98. The summed E-state index contributed by atoms with van der Waals surface area (Å²) in [6.45, 7) is 0.685. The fourth-order valence-electron chi connectivity index (χ4n) is 1.68. The predicted molar refractivity (Wildman–Crippen MR) is 72.3 cm³/mol. The van der Waals surface area contributed by atoms with Crippen LogP contribution in [0.1, 0.15) is 0 Å². The molecule has 0 saturated carbocycles. The first kappa shape index (κ1) is 11.9. The lowest BCUT2D eigenvalue weighted by molar-refractivity contribution is 0.304. The standard InChI is InChI=1S/C12H15N3OS/c1-15(7-8-16)12-10(11(13)14-17-12)9-5-3-2-4-6-9/h2-6,16H,7-8H2,1H3,(H2,13,14). The Labute approximate surface area is 104 Å². The summed E-state index contributed by atoms with van der Waals surface area (Å²) >= 11 is 1.36. The number of nitrogens with two attached hydrogens (primary N) is 1. The van der Waals surface area contributed by atoms with Gasteiger partial charge in [-0.15, -0.1) is 0 Å². The second kappa shape index (κ2) is 5.16. The van der Waals surface area contributed by atoms with Gasteiger partial charge in [0.25, 0.3) is 0 Å². The summed E-state index contributed by atoms with van der Waals surface area (Å²) in [4.78, 5) is 1.97. The summed E-state index contributed by atoms with van der Waals surface area (Å²) in [7, 11) is 1.93. The molecule has 0 aliphatic heterocycles. The highest BCUT2D eigenvalue weighted by Crippen LogP contribution is 2.38. The summed E-state index contributed by atoms with van der Waals surface area (Å²) in [5, 5.41) is 9.97. The molecule has 0 bridgehead atoms. The van der Waals surface area contributed by atoms with Gasteiger partial charge in [-0.2, -0.15) is 4.37 Å². The van der Waals surface area contributed by atoms with Crippen LogP contribution < -0.4 is 10.6 Å². The summed E-state index contributed by atoms with van der Waals surface area (Å²) < 4.78 is 4.19. The van der Waals surface area contributed by atoms with E-state index in [1.807, 2.05) is 42.3 Å². The molecular formula is C12H15N3OS. The van der Waals surface area contributed by atoms with Crippen molar-refractivity contribution in [2.24, 2.45) is 0 Å². The summed E-state index contributed by atoms with van der Waals surface area (Å²) in [5.41, 5.74) is 7.92. The van der Waals surface area contributed by atoms with Gasteiger partial charge in [-0.25, -0.2) is 0 Å². The first-order chi connectivity index (χ1) is 8.24. The molecule has 0 radical (unpaired) electrons. The van der Waals surface area contributed by atoms with Crippen molar-refractivity contribution in [3.05, 3.63) is 30.3 Å². The maximum Gasteiger partial charge on any atom is 0.147 e. The number of aliphatic hydroxyl groups excluding tert-OH is 1. The normalized spacial score (nSPS) is 10.5. The number of aromatic nitrogens is 1. The largest absolute Gasteiger partial charge is 0.395 e. The van der Waals surface area contributed by atoms with Gasteiger partial charge in [0.1, 0.15) is 10.8 Å². The number of aliphatic hydroxyl groups is 1. The molecule has 0 fully saturated rings. The minimum atomic E-state index is 0.114. The van der Waals surface area contributed by atoms with E-state index in [-0.39, 0.29) is 6.61 Å². The molecule has 0 saturated heterocycles. The smallest absolute Gasteiger partial charge is 0.147 e. The van der Waals surface area contributed by atoms with E-state index in [9.17, 15) is 0 Å². The van der Waals surface area contributed by atoms with Gasteiger partial charge < -0.3 is 15.7 Å². The lowest BCUT2D eigenvalue weighted by atomic mass is 10.1. The highest BCUT2D eigenvalue weighted by atomic mass is 32.1. The molecule has 3 N–H and O–H groups in total. The first-order valence-electron chi connectivity index (χ1n) is 5.36. The Kier molecular flexibility index (Phi) is 3.61. The van der Waals surface area contributed by atoms with E-state index in [2.05, 4.69) is 4.37 Å². The maximum atomic E-state index is 8.98. The van der Waals surface area contributed by atoms with Gasteiger partial charge in [0.2, 0.25) is 0 Å². The zero-order valence-corrected chi connectivity index (χ0v) is 10.4. The zero-order chi connectivity index (χ0) is 12.3. The molecule has 1 aromatic heterocycles. The molecule has 4 nitrogen and oxygen atoms in total. The van der Waals surface area contributed by atoms with Gasteiger partial charge in [-0.05, 0) is 17.1 Å². The number of hydrogen-bond acceptors (Lipinski definition) is 5. The van der Waals surface area contributed by atoms with Crippen LogP contribution in [0.25, 0.3) is 11.1 Å². The van der Waals surface area contributed by atoms with Crippen LogP contribution >= 0.6 is 11.5 Å². The lowest BCUT2D eigenvalue weighted by Gasteiger charge is -2.17. The van der Waals surface area contributed by atoms with Gasteiger partial charge >= 0.3 is 0 Å². The van der Waals surface area contributed by atoms with E-state index in [0.29, 0.717) is 12.4 Å². The molecule has 17 heavy (non-hydrogen) atoms. The molecule has 0 atom stereocenters. The molecule has 0 amide bonds. The van der Waals surface area contributed by atoms with Gasteiger partial charge in [0.05, 0.1) is 12.2 Å². The minimum Gasteiger partial charge on any atom is -0.395 e. The molecule has 2 aromatic rings. The van der Waals surface area contributed by atoms with Gasteiger partial charge in [-0.1, -0.05) is 30.3 Å². The Hall–Kier alpha value is -1.59. The topological polar surface area (TPSA) is 62.4 Å². The van der Waals surface area contributed by atoms with Crippen LogP contribution in [0.4, 0.5) is 10.8 Å². The van der Waals surface area contributed by atoms with Crippen molar-refractivity contribution in [3.8, 4) is 11.1 Å². The number of benzene rings is 1. The zero-order valence-electron chi connectivity index (χ0n) is 9.63. The monoisotopic (exact) mass is 249 g/mol. The predicted octanol–water partition coefficient (Wildman–Crippen LogP) is 1.82. The molecule has 1 heterocycles. The number of likely N-dealkylation sites (N-methyl/N-ethyl adjacent to an activating group) is 1. The fourth-order valence-corrected chi connectivity index (χ4v) is 2.50. The van der Waals surface area contributed by atoms with Crippen molar-refractivity contribution in [2.45, 2.75) is 0 Å². The summed E-state index contributed by atoms with van der Waals surface area (Å²) in [6.07, 6.45) is 0. The van der Waals surface area contributed by atoms with Gasteiger partial charge in [0, 0.05) is 13.6 Å². The number of rotatable bonds is 4. The summed E-state index contributed by atoms with van der Waals surface area (Å²) in [6, 6.07) is 9.94. The highest BCUT2D eigenvalue weighted by molar-refractivity contribution is 7.11. The third-order valence-corrected chi connectivity index (χ3v) is 3.52. The Morgan fingerprint density at radius 1 is 1.35 bits per heavy atom. The van der Waals surface area contributed by atoms with Crippen molar-refractivity contribution >= 4 is 22.4 Å². The van der Waals surface area contributed by atoms with Crippen molar-refractivity contribution < 1.29 is 5.11 Å². The average Bonchev–Trinajstić information content (AvgIpc) is 2.73.